The van der Waals surface area contributed by atoms with Gasteiger partial charge >= 0.3 is 0 Å². The Morgan fingerprint density at radius 2 is 1.77 bits per heavy atom. The first-order chi connectivity index (χ1) is 10.5. The van der Waals surface area contributed by atoms with Gasteiger partial charge in [-0.3, -0.25) is 0 Å². The van der Waals surface area contributed by atoms with Crippen molar-refractivity contribution in [3.8, 4) is 0 Å². The van der Waals surface area contributed by atoms with Crippen LogP contribution >= 0.6 is 0 Å². The Labute approximate surface area is 131 Å². The fourth-order valence-electron chi connectivity index (χ4n) is 2.46. The Morgan fingerprint density at radius 3 is 2.36 bits per heavy atom. The number of aliphatic carboxylic acids is 1. The smallest absolute Gasteiger partial charge is 0.243 e. The van der Waals surface area contributed by atoms with Gasteiger partial charge in [-0.1, -0.05) is 6.42 Å². The zero-order valence-electron chi connectivity index (χ0n) is 12.5. The van der Waals surface area contributed by atoms with Crippen LogP contribution in [0.5, 0.6) is 0 Å². The van der Waals surface area contributed by atoms with Crippen LogP contribution in [0.15, 0.2) is 29.2 Å². The molecule has 0 radical (unpaired) electrons. The van der Waals surface area contributed by atoms with Gasteiger partial charge in [0.2, 0.25) is 10.0 Å². The molecule has 0 spiro atoms. The number of nitrogens with one attached hydrogen (secondary N) is 1. The number of piperidine rings is 1. The largest absolute Gasteiger partial charge is 0.550 e. The standard InChI is InChI=1S/C15H22N2O4S/c18-15(19)5-4-10-16-13-6-8-14(9-7-13)22(20,21)17-11-2-1-3-12-17/h6-9,16H,1-5,10-12H2,(H,18,19)/p-1. The molecule has 0 unspecified atom stereocenters. The second-order valence-electron chi connectivity index (χ2n) is 5.39. The van der Waals surface area contributed by atoms with Gasteiger partial charge < -0.3 is 15.2 Å². The quantitative estimate of drug-likeness (QED) is 0.749. The SMILES string of the molecule is O=C([O-])CCCNc1ccc(S(=O)(=O)N2CCCCC2)cc1. The highest BCUT2D eigenvalue weighted by Gasteiger charge is 2.25. The third kappa shape index (κ3) is 4.45. The predicted molar refractivity (Wildman–Crippen MR) is 81.8 cm³/mol. The zero-order chi connectivity index (χ0) is 16.0. The van der Waals surface area contributed by atoms with Crippen molar-refractivity contribution in [1.29, 1.82) is 0 Å². The van der Waals surface area contributed by atoms with E-state index < -0.39 is 16.0 Å². The maximum Gasteiger partial charge on any atom is 0.243 e. The van der Waals surface area contributed by atoms with Gasteiger partial charge in [0.25, 0.3) is 0 Å². The van der Waals surface area contributed by atoms with Crippen LogP contribution in [0.25, 0.3) is 0 Å². The van der Waals surface area contributed by atoms with Gasteiger partial charge in [0.1, 0.15) is 0 Å². The Kier molecular flexibility index (Phi) is 5.79. The Bertz CT molecular complexity index is 592. The average Bonchev–Trinajstić information content (AvgIpc) is 2.53. The Hall–Kier alpha value is -1.60. The third-order valence-corrected chi connectivity index (χ3v) is 5.61. The van der Waals surface area contributed by atoms with E-state index in [-0.39, 0.29) is 6.42 Å². The lowest BCUT2D eigenvalue weighted by Crippen LogP contribution is -2.35. The molecule has 1 heterocycles. The molecule has 0 aromatic heterocycles. The van der Waals surface area contributed by atoms with Crippen LogP contribution in [0.1, 0.15) is 32.1 Å². The van der Waals surface area contributed by atoms with Gasteiger partial charge in [0.05, 0.1) is 4.90 Å². The molecule has 0 amide bonds. The van der Waals surface area contributed by atoms with Gasteiger partial charge in [0.15, 0.2) is 0 Å². The van der Waals surface area contributed by atoms with Crippen LogP contribution in [0, 0.1) is 0 Å². The number of carbonyl (C=O) groups is 1. The number of sulfonamides is 1. The highest BCUT2D eigenvalue weighted by Crippen LogP contribution is 2.21. The maximum atomic E-state index is 12.5. The molecule has 0 bridgehead atoms. The topological polar surface area (TPSA) is 89.5 Å². The molecule has 1 N–H and O–H groups in total. The van der Waals surface area contributed by atoms with Gasteiger partial charge in [-0.25, -0.2) is 8.42 Å². The van der Waals surface area contributed by atoms with Crippen molar-refractivity contribution in [2.45, 2.75) is 37.0 Å². The normalized spacial score (nSPS) is 16.4. The lowest BCUT2D eigenvalue weighted by atomic mass is 10.2. The first-order valence-electron chi connectivity index (χ1n) is 7.54. The average molecular weight is 325 g/mol. The predicted octanol–water partition coefficient (Wildman–Crippen LogP) is 0.803. The molecule has 122 valence electrons. The second kappa shape index (κ2) is 7.60. The molecule has 1 aromatic carbocycles. The van der Waals surface area contributed by atoms with E-state index in [0.29, 0.717) is 31.0 Å². The van der Waals surface area contributed by atoms with Crippen molar-refractivity contribution in [1.82, 2.24) is 4.31 Å². The summed E-state index contributed by atoms with van der Waals surface area (Å²) in [6.45, 7) is 1.68. The van der Waals surface area contributed by atoms with Crippen LogP contribution in [0.3, 0.4) is 0 Å². The number of hydrogen-bond donors (Lipinski definition) is 1. The molecule has 22 heavy (non-hydrogen) atoms. The molecule has 1 fully saturated rings. The van der Waals surface area contributed by atoms with E-state index in [1.54, 1.807) is 28.6 Å². The van der Waals surface area contributed by atoms with E-state index in [2.05, 4.69) is 5.32 Å². The number of carbonyl (C=O) groups excluding carboxylic acids is 1. The summed E-state index contributed by atoms with van der Waals surface area (Å²) in [6.07, 6.45) is 3.39. The molecular formula is C15H21N2O4S-. The van der Waals surface area contributed by atoms with Crippen LogP contribution in [0.4, 0.5) is 5.69 Å². The van der Waals surface area contributed by atoms with Crippen molar-refractivity contribution in [3.63, 3.8) is 0 Å². The fourth-order valence-corrected chi connectivity index (χ4v) is 3.98. The third-order valence-electron chi connectivity index (χ3n) is 3.69. The summed E-state index contributed by atoms with van der Waals surface area (Å²) in [5, 5.41) is 13.4. The summed E-state index contributed by atoms with van der Waals surface area (Å²) in [5.41, 5.74) is 0.774. The molecular weight excluding hydrogens is 304 g/mol. The summed E-state index contributed by atoms with van der Waals surface area (Å²) >= 11 is 0. The first kappa shape index (κ1) is 16.8. The van der Waals surface area contributed by atoms with Crippen LogP contribution in [0.2, 0.25) is 0 Å². The Balaban J connectivity index is 1.94. The van der Waals surface area contributed by atoms with E-state index >= 15 is 0 Å². The fraction of sp³-hybridized carbons (Fsp3) is 0.533. The van der Waals surface area contributed by atoms with E-state index in [1.165, 1.54) is 0 Å². The molecule has 0 aliphatic carbocycles. The summed E-state index contributed by atoms with van der Waals surface area (Å²) in [5.74, 6) is -1.07. The van der Waals surface area contributed by atoms with Crippen molar-refractivity contribution in [2.75, 3.05) is 25.0 Å². The lowest BCUT2D eigenvalue weighted by Gasteiger charge is -2.25. The van der Waals surface area contributed by atoms with Gasteiger partial charge in [-0.2, -0.15) is 4.31 Å². The van der Waals surface area contributed by atoms with Gasteiger partial charge in [-0.15, -0.1) is 0 Å². The monoisotopic (exact) mass is 325 g/mol. The van der Waals surface area contributed by atoms with Crippen molar-refractivity contribution >= 4 is 21.7 Å². The number of benzene rings is 1. The number of carboxylic acids is 1. The summed E-state index contributed by atoms with van der Waals surface area (Å²) in [6, 6.07) is 6.59. The number of anilines is 1. The minimum Gasteiger partial charge on any atom is -0.550 e. The van der Waals surface area contributed by atoms with Crippen molar-refractivity contribution in [2.24, 2.45) is 0 Å². The number of rotatable bonds is 7. The maximum absolute atomic E-state index is 12.5. The number of hydrogen-bond acceptors (Lipinski definition) is 5. The molecule has 7 heteroatoms. The van der Waals surface area contributed by atoms with Crippen molar-refractivity contribution in [3.05, 3.63) is 24.3 Å². The van der Waals surface area contributed by atoms with E-state index in [1.807, 2.05) is 0 Å². The summed E-state index contributed by atoms with van der Waals surface area (Å²) in [7, 11) is -3.40. The summed E-state index contributed by atoms with van der Waals surface area (Å²) < 4.78 is 26.5. The van der Waals surface area contributed by atoms with Gasteiger partial charge in [-0.05, 0) is 49.9 Å². The molecule has 6 nitrogen and oxygen atoms in total. The van der Waals surface area contributed by atoms with E-state index in [9.17, 15) is 18.3 Å². The minimum absolute atomic E-state index is 0.00836. The highest BCUT2D eigenvalue weighted by molar-refractivity contribution is 7.89. The highest BCUT2D eigenvalue weighted by atomic mass is 32.2. The zero-order valence-corrected chi connectivity index (χ0v) is 13.3. The molecule has 1 aliphatic rings. The molecule has 0 atom stereocenters. The number of carboxylic acid groups (broad SMARTS) is 1. The molecule has 2 rings (SSSR count). The molecule has 1 saturated heterocycles. The molecule has 0 saturated carbocycles. The summed E-state index contributed by atoms with van der Waals surface area (Å²) in [4.78, 5) is 10.6. The Morgan fingerprint density at radius 1 is 1.14 bits per heavy atom. The molecule has 1 aromatic rings. The van der Waals surface area contributed by atoms with E-state index in [4.69, 9.17) is 0 Å². The minimum atomic E-state index is -3.40. The van der Waals surface area contributed by atoms with Crippen molar-refractivity contribution < 1.29 is 18.3 Å². The van der Waals surface area contributed by atoms with Crippen LogP contribution < -0.4 is 10.4 Å². The number of nitrogens with zero attached hydrogens (tertiary/aromatic N) is 1. The van der Waals surface area contributed by atoms with Gasteiger partial charge in [0, 0.05) is 31.3 Å². The molecule has 1 aliphatic heterocycles. The van der Waals surface area contributed by atoms with Crippen LogP contribution in [-0.4, -0.2) is 38.3 Å². The van der Waals surface area contributed by atoms with E-state index in [0.717, 1.165) is 24.9 Å². The second-order valence-corrected chi connectivity index (χ2v) is 7.33. The lowest BCUT2D eigenvalue weighted by molar-refractivity contribution is -0.305. The first-order valence-corrected chi connectivity index (χ1v) is 8.98. The van der Waals surface area contributed by atoms with Crippen LogP contribution in [-0.2, 0) is 14.8 Å².